The summed E-state index contributed by atoms with van der Waals surface area (Å²) >= 11 is 1.85. The Morgan fingerprint density at radius 3 is 2.59 bits per heavy atom. The van der Waals surface area contributed by atoms with Gasteiger partial charge in [-0.15, -0.1) is 11.3 Å². The number of carbonyl (C=O) groups is 2. The smallest absolute Gasteiger partial charge is 0.225 e. The molecule has 0 saturated carbocycles. The minimum Gasteiger partial charge on any atom is -0.339 e. The van der Waals surface area contributed by atoms with Gasteiger partial charge in [-0.05, 0) is 48.4 Å². The molecule has 1 aromatic carbocycles. The average Bonchev–Trinajstić information content (AvgIpc) is 3.26. The first-order chi connectivity index (χ1) is 15.4. The summed E-state index contributed by atoms with van der Waals surface area (Å²) in [5.74, 6) is 0.387. The average molecular weight is 454 g/mol. The first kappa shape index (κ1) is 23.0. The van der Waals surface area contributed by atoms with Crippen LogP contribution in [0.1, 0.15) is 54.8 Å². The van der Waals surface area contributed by atoms with Crippen molar-refractivity contribution in [3.63, 3.8) is 0 Å². The van der Waals surface area contributed by atoms with Crippen molar-refractivity contribution in [1.82, 2.24) is 14.7 Å². The number of rotatable bonds is 5. The Balaban J connectivity index is 1.42. The number of piperazine rings is 1. The molecule has 0 aliphatic carbocycles. The van der Waals surface area contributed by atoms with Crippen LogP contribution >= 0.6 is 11.3 Å². The molecule has 2 amide bonds. The molecule has 172 valence electrons. The summed E-state index contributed by atoms with van der Waals surface area (Å²) in [5, 5.41) is 2.20. The van der Waals surface area contributed by atoms with Gasteiger partial charge in [-0.1, -0.05) is 38.1 Å². The molecule has 1 saturated heterocycles. The summed E-state index contributed by atoms with van der Waals surface area (Å²) in [7, 11) is 0. The van der Waals surface area contributed by atoms with E-state index in [0.29, 0.717) is 26.1 Å². The highest BCUT2D eigenvalue weighted by Gasteiger charge is 2.33. The van der Waals surface area contributed by atoms with Crippen molar-refractivity contribution in [3.05, 3.63) is 57.3 Å². The van der Waals surface area contributed by atoms with E-state index in [9.17, 15) is 9.59 Å². The van der Waals surface area contributed by atoms with Crippen molar-refractivity contribution in [3.8, 4) is 0 Å². The molecule has 2 aliphatic rings. The topological polar surface area (TPSA) is 43.9 Å². The summed E-state index contributed by atoms with van der Waals surface area (Å²) in [6.45, 7) is 11.8. The fourth-order valence-corrected chi connectivity index (χ4v) is 6.01. The highest BCUT2D eigenvalue weighted by molar-refractivity contribution is 7.10. The maximum atomic E-state index is 13.1. The van der Waals surface area contributed by atoms with Gasteiger partial charge in [0, 0.05) is 56.0 Å². The second-order valence-corrected chi connectivity index (χ2v) is 10.5. The van der Waals surface area contributed by atoms with E-state index in [1.54, 1.807) is 0 Å². The highest BCUT2D eigenvalue weighted by atomic mass is 32.1. The molecule has 2 aromatic rings. The standard InChI is InChI=1S/C26H35N3O2S/c1-18(2)26(31)29-15-14-28(17-20(29)4)24(30)10-13-27-12-9-23-22(11-16-32-23)25(27)21-8-6-5-7-19(21)3/h5-8,11,16,18,20,25H,9-10,12-15,17H2,1-4H3/t20-,25-/m1/s1. The Hall–Kier alpha value is -2.18. The largest absolute Gasteiger partial charge is 0.339 e. The lowest BCUT2D eigenvalue weighted by molar-refractivity contribution is -0.144. The number of nitrogens with zero attached hydrogens (tertiary/aromatic N) is 3. The molecule has 2 atom stereocenters. The van der Waals surface area contributed by atoms with Gasteiger partial charge in [0.15, 0.2) is 0 Å². The minimum absolute atomic E-state index is 0.000763. The molecule has 5 nitrogen and oxygen atoms in total. The van der Waals surface area contributed by atoms with Gasteiger partial charge >= 0.3 is 0 Å². The van der Waals surface area contributed by atoms with E-state index in [-0.39, 0.29) is 29.8 Å². The second kappa shape index (κ2) is 9.75. The lowest BCUT2D eigenvalue weighted by Gasteiger charge is -2.41. The van der Waals surface area contributed by atoms with Gasteiger partial charge < -0.3 is 9.80 Å². The Morgan fingerprint density at radius 2 is 1.88 bits per heavy atom. The number of aryl methyl sites for hydroxylation is 1. The van der Waals surface area contributed by atoms with E-state index in [0.717, 1.165) is 19.5 Å². The van der Waals surface area contributed by atoms with Crippen molar-refractivity contribution in [2.24, 2.45) is 5.92 Å². The summed E-state index contributed by atoms with van der Waals surface area (Å²) in [5.41, 5.74) is 4.04. The number of carbonyl (C=O) groups excluding carboxylic acids is 2. The molecule has 2 aliphatic heterocycles. The Bertz CT molecular complexity index is 969. The van der Waals surface area contributed by atoms with E-state index in [1.165, 1.54) is 21.6 Å². The third-order valence-corrected chi connectivity index (χ3v) is 7.92. The van der Waals surface area contributed by atoms with Crippen molar-refractivity contribution in [1.29, 1.82) is 0 Å². The van der Waals surface area contributed by atoms with Gasteiger partial charge in [0.05, 0.1) is 6.04 Å². The second-order valence-electron chi connectivity index (χ2n) is 9.47. The van der Waals surface area contributed by atoms with Gasteiger partial charge in [-0.25, -0.2) is 0 Å². The monoisotopic (exact) mass is 453 g/mol. The fraction of sp³-hybridized carbons (Fsp3) is 0.538. The summed E-state index contributed by atoms with van der Waals surface area (Å²) in [6.07, 6.45) is 1.57. The van der Waals surface area contributed by atoms with E-state index >= 15 is 0 Å². The Morgan fingerprint density at radius 1 is 1.09 bits per heavy atom. The van der Waals surface area contributed by atoms with E-state index in [2.05, 4.69) is 54.5 Å². The third kappa shape index (κ3) is 4.62. The summed E-state index contributed by atoms with van der Waals surface area (Å²) in [6, 6.07) is 11.2. The predicted molar refractivity (Wildman–Crippen MR) is 130 cm³/mol. The number of hydrogen-bond acceptors (Lipinski definition) is 4. The van der Waals surface area contributed by atoms with Crippen LogP contribution in [0.15, 0.2) is 35.7 Å². The molecule has 6 heteroatoms. The molecule has 32 heavy (non-hydrogen) atoms. The van der Waals surface area contributed by atoms with Crippen LogP contribution in [-0.4, -0.2) is 65.3 Å². The van der Waals surface area contributed by atoms with Gasteiger partial charge in [0.25, 0.3) is 0 Å². The molecule has 0 radical (unpaired) electrons. The predicted octanol–water partition coefficient (Wildman–Crippen LogP) is 4.11. The first-order valence-electron chi connectivity index (χ1n) is 11.8. The van der Waals surface area contributed by atoms with Crippen molar-refractivity contribution in [2.75, 3.05) is 32.7 Å². The molecule has 4 rings (SSSR count). The quantitative estimate of drug-likeness (QED) is 0.684. The van der Waals surface area contributed by atoms with Crippen LogP contribution in [0.4, 0.5) is 0 Å². The fourth-order valence-electron chi connectivity index (χ4n) is 5.11. The zero-order chi connectivity index (χ0) is 22.8. The van der Waals surface area contributed by atoms with Crippen molar-refractivity contribution >= 4 is 23.2 Å². The Labute approximate surface area is 196 Å². The van der Waals surface area contributed by atoms with Crippen LogP contribution in [-0.2, 0) is 16.0 Å². The molecule has 0 N–H and O–H groups in total. The third-order valence-electron chi connectivity index (χ3n) is 6.92. The lowest BCUT2D eigenvalue weighted by Crippen LogP contribution is -2.56. The summed E-state index contributed by atoms with van der Waals surface area (Å²) < 4.78 is 0. The lowest BCUT2D eigenvalue weighted by atomic mass is 9.90. The van der Waals surface area contributed by atoms with Crippen LogP contribution < -0.4 is 0 Å². The zero-order valence-corrected chi connectivity index (χ0v) is 20.5. The van der Waals surface area contributed by atoms with Crippen molar-refractivity contribution in [2.45, 2.75) is 52.6 Å². The molecule has 3 heterocycles. The molecular formula is C26H35N3O2S. The highest BCUT2D eigenvalue weighted by Crippen LogP contribution is 2.38. The van der Waals surface area contributed by atoms with Gasteiger partial charge in [-0.3, -0.25) is 14.5 Å². The van der Waals surface area contributed by atoms with Crippen LogP contribution in [0.3, 0.4) is 0 Å². The number of benzene rings is 1. The Kier molecular flexibility index (Phi) is 7.01. The van der Waals surface area contributed by atoms with Gasteiger partial charge in [-0.2, -0.15) is 0 Å². The van der Waals surface area contributed by atoms with Crippen LogP contribution in [0.5, 0.6) is 0 Å². The maximum Gasteiger partial charge on any atom is 0.225 e. The van der Waals surface area contributed by atoms with E-state index in [4.69, 9.17) is 0 Å². The number of hydrogen-bond donors (Lipinski definition) is 0. The normalized spacial score (nSPS) is 21.7. The number of thiophene rings is 1. The molecule has 1 aromatic heterocycles. The molecule has 1 fully saturated rings. The number of amides is 2. The van der Waals surface area contributed by atoms with E-state index in [1.807, 2.05) is 35.0 Å². The molecule has 0 unspecified atom stereocenters. The van der Waals surface area contributed by atoms with Crippen molar-refractivity contribution < 1.29 is 9.59 Å². The zero-order valence-electron chi connectivity index (χ0n) is 19.7. The van der Waals surface area contributed by atoms with E-state index < -0.39 is 0 Å². The summed E-state index contributed by atoms with van der Waals surface area (Å²) in [4.78, 5) is 33.4. The molecule has 0 spiro atoms. The number of fused-ring (bicyclic) bond motifs is 1. The van der Waals surface area contributed by atoms with Gasteiger partial charge in [0.2, 0.25) is 11.8 Å². The van der Waals surface area contributed by atoms with Crippen LogP contribution in [0, 0.1) is 12.8 Å². The minimum atomic E-state index is -0.000763. The van der Waals surface area contributed by atoms with Crippen LogP contribution in [0.25, 0.3) is 0 Å². The first-order valence-corrected chi connectivity index (χ1v) is 12.7. The van der Waals surface area contributed by atoms with Crippen LogP contribution in [0.2, 0.25) is 0 Å². The van der Waals surface area contributed by atoms with Gasteiger partial charge in [0.1, 0.15) is 0 Å². The molecular weight excluding hydrogens is 418 g/mol. The SMILES string of the molecule is Cc1ccccc1[C@@H]1c2ccsc2CCN1CCC(=O)N1CCN(C(=O)C(C)C)[C@H](C)C1. The maximum absolute atomic E-state index is 13.1. The molecule has 0 bridgehead atoms.